The molecule has 0 saturated carbocycles. The molecule has 2 N–H and O–H groups in total. The van der Waals surface area contributed by atoms with Gasteiger partial charge in [0.25, 0.3) is 0 Å². The van der Waals surface area contributed by atoms with Crippen LogP contribution in [0.15, 0.2) is 0 Å². The SMILES string of the molecule is CCS[C@@H](CC(=O)O)C(=O)O. The van der Waals surface area contributed by atoms with Crippen molar-refractivity contribution in [3.8, 4) is 0 Å². The molecule has 0 aliphatic carbocycles. The highest BCUT2D eigenvalue weighted by atomic mass is 32.2. The molecule has 0 heterocycles. The lowest BCUT2D eigenvalue weighted by atomic mass is 10.3. The summed E-state index contributed by atoms with van der Waals surface area (Å²) in [4.78, 5) is 20.5. The van der Waals surface area contributed by atoms with E-state index < -0.39 is 17.2 Å². The number of carbonyl (C=O) groups is 2. The highest BCUT2D eigenvalue weighted by Gasteiger charge is 2.19. The van der Waals surface area contributed by atoms with Gasteiger partial charge in [-0.25, -0.2) is 0 Å². The van der Waals surface area contributed by atoms with E-state index in [0.29, 0.717) is 5.75 Å². The van der Waals surface area contributed by atoms with Gasteiger partial charge in [0, 0.05) is 0 Å². The van der Waals surface area contributed by atoms with Crippen molar-refractivity contribution < 1.29 is 19.8 Å². The largest absolute Gasteiger partial charge is 0.481 e. The van der Waals surface area contributed by atoms with Gasteiger partial charge in [0.15, 0.2) is 0 Å². The zero-order valence-electron chi connectivity index (χ0n) is 6.11. The third-order valence-corrected chi connectivity index (χ3v) is 2.11. The number of aliphatic carboxylic acids is 2. The van der Waals surface area contributed by atoms with Gasteiger partial charge in [0.2, 0.25) is 0 Å². The second-order valence-corrected chi connectivity index (χ2v) is 3.36. The molecule has 0 fully saturated rings. The van der Waals surface area contributed by atoms with Crippen LogP contribution in [-0.4, -0.2) is 33.2 Å². The van der Waals surface area contributed by atoms with Crippen molar-refractivity contribution in [1.29, 1.82) is 0 Å². The van der Waals surface area contributed by atoms with Crippen LogP contribution in [0.1, 0.15) is 13.3 Å². The van der Waals surface area contributed by atoms with E-state index in [1.165, 1.54) is 0 Å². The standard InChI is InChI=1S/C6H10O4S/c1-2-11-4(6(9)10)3-5(7)8/h4H,2-3H2,1H3,(H,7,8)(H,9,10)/t4-/m0/s1. The summed E-state index contributed by atoms with van der Waals surface area (Å²) in [6.45, 7) is 1.79. The minimum atomic E-state index is -1.07. The van der Waals surface area contributed by atoms with Crippen molar-refractivity contribution in [3.63, 3.8) is 0 Å². The van der Waals surface area contributed by atoms with Gasteiger partial charge in [-0.05, 0) is 5.75 Å². The van der Waals surface area contributed by atoms with E-state index in [9.17, 15) is 9.59 Å². The van der Waals surface area contributed by atoms with Crippen molar-refractivity contribution in [3.05, 3.63) is 0 Å². The van der Waals surface area contributed by atoms with Gasteiger partial charge < -0.3 is 10.2 Å². The number of carboxylic acids is 2. The van der Waals surface area contributed by atoms with Crippen molar-refractivity contribution in [1.82, 2.24) is 0 Å². The maximum Gasteiger partial charge on any atom is 0.317 e. The second kappa shape index (κ2) is 5.01. The van der Waals surface area contributed by atoms with E-state index in [0.717, 1.165) is 11.8 Å². The maximum absolute atomic E-state index is 10.3. The van der Waals surface area contributed by atoms with Gasteiger partial charge in [0.1, 0.15) is 5.25 Å². The van der Waals surface area contributed by atoms with Crippen molar-refractivity contribution in [2.45, 2.75) is 18.6 Å². The Morgan fingerprint density at radius 3 is 2.27 bits per heavy atom. The fraction of sp³-hybridized carbons (Fsp3) is 0.667. The van der Waals surface area contributed by atoms with Crippen LogP contribution >= 0.6 is 11.8 Å². The molecule has 0 radical (unpaired) electrons. The molecule has 0 aromatic heterocycles. The third kappa shape index (κ3) is 4.66. The fourth-order valence-corrected chi connectivity index (χ4v) is 1.38. The van der Waals surface area contributed by atoms with E-state index >= 15 is 0 Å². The molecule has 0 bridgehead atoms. The minimum Gasteiger partial charge on any atom is -0.481 e. The minimum absolute atomic E-state index is 0.312. The summed E-state index contributed by atoms with van der Waals surface area (Å²) < 4.78 is 0. The molecule has 0 aromatic carbocycles. The summed E-state index contributed by atoms with van der Waals surface area (Å²) in [7, 11) is 0. The topological polar surface area (TPSA) is 74.6 Å². The van der Waals surface area contributed by atoms with E-state index in [-0.39, 0.29) is 6.42 Å². The van der Waals surface area contributed by atoms with E-state index in [2.05, 4.69) is 0 Å². The zero-order valence-corrected chi connectivity index (χ0v) is 6.93. The van der Waals surface area contributed by atoms with Crippen LogP contribution in [0.3, 0.4) is 0 Å². The highest BCUT2D eigenvalue weighted by Crippen LogP contribution is 2.13. The molecule has 64 valence electrons. The first-order valence-corrected chi connectivity index (χ1v) is 4.19. The molecule has 0 aliphatic rings. The lowest BCUT2D eigenvalue weighted by Crippen LogP contribution is -2.20. The van der Waals surface area contributed by atoms with Gasteiger partial charge >= 0.3 is 11.9 Å². The Labute approximate surface area is 68.6 Å². The van der Waals surface area contributed by atoms with Gasteiger partial charge in [-0.3, -0.25) is 9.59 Å². The Kier molecular flexibility index (Phi) is 4.69. The fourth-order valence-electron chi connectivity index (χ4n) is 0.577. The highest BCUT2D eigenvalue weighted by molar-refractivity contribution is 8.00. The molecular weight excluding hydrogens is 168 g/mol. The molecule has 0 saturated heterocycles. The Balaban J connectivity index is 3.89. The first-order chi connectivity index (χ1) is 5.07. The normalized spacial score (nSPS) is 12.5. The predicted octanol–water partition coefficient (Wildman–Crippen LogP) is 0.667. The number of hydrogen-bond donors (Lipinski definition) is 2. The molecule has 1 atom stereocenters. The lowest BCUT2D eigenvalue weighted by Gasteiger charge is -2.06. The summed E-state index contributed by atoms with van der Waals surface area (Å²) in [5.41, 5.74) is 0. The molecule has 0 spiro atoms. The van der Waals surface area contributed by atoms with Crippen LogP contribution in [0.2, 0.25) is 0 Å². The number of rotatable bonds is 5. The summed E-state index contributed by atoms with van der Waals surface area (Å²) in [6.07, 6.45) is -0.312. The average Bonchev–Trinajstić information content (AvgIpc) is 1.86. The van der Waals surface area contributed by atoms with Crippen LogP contribution in [-0.2, 0) is 9.59 Å². The molecular formula is C6H10O4S. The van der Waals surface area contributed by atoms with Gasteiger partial charge in [-0.1, -0.05) is 6.92 Å². The third-order valence-electron chi connectivity index (χ3n) is 1.00. The first-order valence-electron chi connectivity index (χ1n) is 3.14. The van der Waals surface area contributed by atoms with Crippen molar-refractivity contribution >= 4 is 23.7 Å². The molecule has 11 heavy (non-hydrogen) atoms. The van der Waals surface area contributed by atoms with Crippen LogP contribution in [0.4, 0.5) is 0 Å². The molecule has 0 aliphatic heterocycles. The number of thioether (sulfide) groups is 1. The van der Waals surface area contributed by atoms with Gasteiger partial charge in [-0.2, -0.15) is 0 Å². The summed E-state index contributed by atoms with van der Waals surface area (Å²) >= 11 is 1.13. The Bertz CT molecular complexity index is 157. The lowest BCUT2D eigenvalue weighted by molar-refractivity contribution is -0.142. The average molecular weight is 178 g/mol. The van der Waals surface area contributed by atoms with Crippen LogP contribution in [0.5, 0.6) is 0 Å². The van der Waals surface area contributed by atoms with Crippen molar-refractivity contribution in [2.24, 2.45) is 0 Å². The molecule has 0 amide bonds. The van der Waals surface area contributed by atoms with Crippen LogP contribution < -0.4 is 0 Å². The Morgan fingerprint density at radius 2 is 2.00 bits per heavy atom. The number of hydrogen-bond acceptors (Lipinski definition) is 3. The van der Waals surface area contributed by atoms with Gasteiger partial charge in [0.05, 0.1) is 6.42 Å². The summed E-state index contributed by atoms with van der Waals surface area (Å²) in [6, 6.07) is 0. The quantitative estimate of drug-likeness (QED) is 0.647. The van der Waals surface area contributed by atoms with E-state index in [1.54, 1.807) is 6.92 Å². The maximum atomic E-state index is 10.3. The number of carboxylic acid groups (broad SMARTS) is 2. The second-order valence-electron chi connectivity index (χ2n) is 1.88. The summed E-state index contributed by atoms with van der Waals surface area (Å²) in [5, 5.41) is 15.9. The molecule has 4 nitrogen and oxygen atoms in total. The van der Waals surface area contributed by atoms with E-state index in [4.69, 9.17) is 10.2 Å². The molecule has 0 unspecified atom stereocenters. The van der Waals surface area contributed by atoms with Crippen LogP contribution in [0.25, 0.3) is 0 Å². The molecule has 5 heteroatoms. The van der Waals surface area contributed by atoms with Crippen molar-refractivity contribution in [2.75, 3.05) is 5.75 Å². The van der Waals surface area contributed by atoms with Gasteiger partial charge in [-0.15, -0.1) is 11.8 Å². The Morgan fingerprint density at radius 1 is 1.45 bits per heavy atom. The van der Waals surface area contributed by atoms with E-state index in [1.807, 2.05) is 0 Å². The smallest absolute Gasteiger partial charge is 0.317 e. The zero-order chi connectivity index (χ0) is 8.85. The Hall–Kier alpha value is -0.710. The predicted molar refractivity (Wildman–Crippen MR) is 41.8 cm³/mol. The first kappa shape index (κ1) is 10.3. The van der Waals surface area contributed by atoms with Crippen LogP contribution in [0, 0.1) is 0 Å². The molecule has 0 aromatic rings. The monoisotopic (exact) mass is 178 g/mol. The molecule has 0 rings (SSSR count). The summed E-state index contributed by atoms with van der Waals surface area (Å²) in [5.74, 6) is -1.51.